The second kappa shape index (κ2) is 4.66. The molecule has 3 rings (SSSR count). The van der Waals surface area contributed by atoms with Crippen LogP contribution in [0.4, 0.5) is 0 Å². The monoisotopic (exact) mass is 222 g/mol. The van der Waals surface area contributed by atoms with Gasteiger partial charge in [-0.3, -0.25) is 4.90 Å². The van der Waals surface area contributed by atoms with Crippen molar-refractivity contribution < 1.29 is 0 Å². The smallest absolute Gasteiger partial charge is 0.0224 e. The topological polar surface area (TPSA) is 6.48 Å². The van der Waals surface area contributed by atoms with E-state index in [9.17, 15) is 0 Å². The summed E-state index contributed by atoms with van der Waals surface area (Å²) in [5.74, 6) is 1.99. The van der Waals surface area contributed by atoms with Crippen LogP contribution >= 0.6 is 0 Å². The van der Waals surface area contributed by atoms with Crippen LogP contribution in [-0.4, -0.2) is 48.6 Å². The maximum absolute atomic E-state index is 2.76. The van der Waals surface area contributed by atoms with Gasteiger partial charge < -0.3 is 4.90 Å². The molecule has 2 aliphatic heterocycles. The van der Waals surface area contributed by atoms with Crippen molar-refractivity contribution in [2.45, 2.75) is 45.1 Å². The SMILES string of the molecule is CC1CCCC1CN1CCN2CCCC2C1. The molecule has 2 heterocycles. The molecule has 3 atom stereocenters. The van der Waals surface area contributed by atoms with Gasteiger partial charge in [0.2, 0.25) is 0 Å². The van der Waals surface area contributed by atoms with Crippen molar-refractivity contribution in [1.29, 1.82) is 0 Å². The Kier molecular flexibility index (Phi) is 3.21. The summed E-state index contributed by atoms with van der Waals surface area (Å²) in [5.41, 5.74) is 0. The van der Waals surface area contributed by atoms with Gasteiger partial charge in [0.25, 0.3) is 0 Å². The zero-order chi connectivity index (χ0) is 11.0. The highest BCUT2D eigenvalue weighted by molar-refractivity contribution is 4.88. The minimum absolute atomic E-state index is 0.908. The Balaban J connectivity index is 1.52. The van der Waals surface area contributed by atoms with E-state index in [1.54, 1.807) is 0 Å². The molecule has 2 heteroatoms. The van der Waals surface area contributed by atoms with E-state index < -0.39 is 0 Å². The van der Waals surface area contributed by atoms with Crippen LogP contribution in [0.1, 0.15) is 39.0 Å². The Morgan fingerprint density at radius 3 is 2.75 bits per heavy atom. The largest absolute Gasteiger partial charge is 0.300 e. The van der Waals surface area contributed by atoms with Gasteiger partial charge in [-0.1, -0.05) is 19.8 Å². The van der Waals surface area contributed by atoms with Crippen LogP contribution in [0, 0.1) is 11.8 Å². The second-order valence-electron chi connectivity index (χ2n) is 6.26. The van der Waals surface area contributed by atoms with Crippen LogP contribution in [0.3, 0.4) is 0 Å². The van der Waals surface area contributed by atoms with Crippen molar-refractivity contribution in [2.75, 3.05) is 32.7 Å². The lowest BCUT2D eigenvalue weighted by molar-refractivity contribution is 0.0870. The molecule has 3 aliphatic rings. The van der Waals surface area contributed by atoms with Crippen LogP contribution in [0.25, 0.3) is 0 Å². The molecular formula is C14H26N2. The summed E-state index contributed by atoms with van der Waals surface area (Å²) in [6.45, 7) is 9.27. The van der Waals surface area contributed by atoms with Gasteiger partial charge >= 0.3 is 0 Å². The predicted molar refractivity (Wildman–Crippen MR) is 67.5 cm³/mol. The summed E-state index contributed by atoms with van der Waals surface area (Å²) in [5, 5.41) is 0. The maximum atomic E-state index is 2.76. The molecule has 0 amide bonds. The first kappa shape index (κ1) is 11.0. The molecule has 3 unspecified atom stereocenters. The first-order valence-corrected chi connectivity index (χ1v) is 7.29. The van der Waals surface area contributed by atoms with Gasteiger partial charge in [0.05, 0.1) is 0 Å². The van der Waals surface area contributed by atoms with E-state index >= 15 is 0 Å². The number of rotatable bonds is 2. The summed E-state index contributed by atoms with van der Waals surface area (Å²) < 4.78 is 0. The van der Waals surface area contributed by atoms with E-state index in [1.807, 2.05) is 0 Å². The van der Waals surface area contributed by atoms with E-state index in [4.69, 9.17) is 0 Å². The normalized spacial score (nSPS) is 41.4. The van der Waals surface area contributed by atoms with Crippen molar-refractivity contribution in [3.05, 3.63) is 0 Å². The summed E-state index contributed by atoms with van der Waals surface area (Å²) in [7, 11) is 0. The van der Waals surface area contributed by atoms with E-state index in [0.717, 1.165) is 17.9 Å². The molecule has 0 aromatic rings. The first-order valence-electron chi connectivity index (χ1n) is 7.29. The maximum Gasteiger partial charge on any atom is 0.0224 e. The fourth-order valence-corrected chi connectivity index (χ4v) is 4.05. The third kappa shape index (κ3) is 2.14. The minimum Gasteiger partial charge on any atom is -0.300 e. The fraction of sp³-hybridized carbons (Fsp3) is 1.00. The Labute approximate surface area is 100.0 Å². The van der Waals surface area contributed by atoms with Gasteiger partial charge in [0.15, 0.2) is 0 Å². The van der Waals surface area contributed by atoms with Gasteiger partial charge in [-0.2, -0.15) is 0 Å². The standard InChI is InChI=1S/C14H26N2/c1-12-4-2-5-13(12)10-15-8-9-16-7-3-6-14(16)11-15/h12-14H,2-11H2,1H3. The lowest BCUT2D eigenvalue weighted by atomic mass is 9.97. The highest BCUT2D eigenvalue weighted by Gasteiger charge is 2.32. The third-order valence-electron chi connectivity index (χ3n) is 5.20. The minimum atomic E-state index is 0.908. The van der Waals surface area contributed by atoms with E-state index in [1.165, 1.54) is 64.8 Å². The molecule has 2 saturated heterocycles. The highest BCUT2D eigenvalue weighted by atomic mass is 15.3. The summed E-state index contributed by atoms with van der Waals surface area (Å²) in [6, 6.07) is 0.908. The van der Waals surface area contributed by atoms with Crippen molar-refractivity contribution in [3.63, 3.8) is 0 Å². The molecule has 2 nitrogen and oxygen atoms in total. The third-order valence-corrected chi connectivity index (χ3v) is 5.20. The van der Waals surface area contributed by atoms with Crippen LogP contribution in [0.2, 0.25) is 0 Å². The molecule has 0 aromatic heterocycles. The molecular weight excluding hydrogens is 196 g/mol. The van der Waals surface area contributed by atoms with Crippen molar-refractivity contribution >= 4 is 0 Å². The van der Waals surface area contributed by atoms with E-state index in [2.05, 4.69) is 16.7 Å². The Morgan fingerprint density at radius 2 is 1.94 bits per heavy atom. The zero-order valence-electron chi connectivity index (χ0n) is 10.7. The Morgan fingerprint density at radius 1 is 1.00 bits per heavy atom. The number of fused-ring (bicyclic) bond motifs is 1. The lowest BCUT2D eigenvalue weighted by Gasteiger charge is -2.39. The molecule has 0 aromatic carbocycles. The molecule has 0 radical (unpaired) electrons. The van der Waals surface area contributed by atoms with Gasteiger partial charge in [0, 0.05) is 32.2 Å². The summed E-state index contributed by atoms with van der Waals surface area (Å²) >= 11 is 0. The van der Waals surface area contributed by atoms with Gasteiger partial charge in [-0.15, -0.1) is 0 Å². The van der Waals surface area contributed by atoms with Gasteiger partial charge in [0.1, 0.15) is 0 Å². The first-order chi connectivity index (χ1) is 7.83. The van der Waals surface area contributed by atoms with Crippen LogP contribution in [-0.2, 0) is 0 Å². The lowest BCUT2D eigenvalue weighted by Crippen LogP contribution is -2.51. The number of hydrogen-bond acceptors (Lipinski definition) is 2. The van der Waals surface area contributed by atoms with E-state index in [-0.39, 0.29) is 0 Å². The Bertz CT molecular complexity index is 241. The molecule has 0 N–H and O–H groups in total. The molecule has 1 saturated carbocycles. The van der Waals surface area contributed by atoms with E-state index in [0.29, 0.717) is 0 Å². The van der Waals surface area contributed by atoms with Crippen LogP contribution in [0.5, 0.6) is 0 Å². The van der Waals surface area contributed by atoms with Gasteiger partial charge in [-0.05, 0) is 37.6 Å². The molecule has 0 spiro atoms. The van der Waals surface area contributed by atoms with Crippen LogP contribution < -0.4 is 0 Å². The molecule has 0 bridgehead atoms. The average Bonchev–Trinajstić information content (AvgIpc) is 2.88. The number of nitrogens with zero attached hydrogens (tertiary/aromatic N) is 2. The van der Waals surface area contributed by atoms with Crippen molar-refractivity contribution in [2.24, 2.45) is 11.8 Å². The molecule has 1 aliphatic carbocycles. The highest BCUT2D eigenvalue weighted by Crippen LogP contribution is 2.32. The predicted octanol–water partition coefficient (Wildman–Crippen LogP) is 2.20. The van der Waals surface area contributed by atoms with Crippen LogP contribution in [0.15, 0.2) is 0 Å². The fourth-order valence-electron chi connectivity index (χ4n) is 4.05. The summed E-state index contributed by atoms with van der Waals surface area (Å²) in [4.78, 5) is 5.48. The van der Waals surface area contributed by atoms with Crippen molar-refractivity contribution in [1.82, 2.24) is 9.80 Å². The zero-order valence-corrected chi connectivity index (χ0v) is 10.7. The van der Waals surface area contributed by atoms with Gasteiger partial charge in [-0.25, -0.2) is 0 Å². The average molecular weight is 222 g/mol. The quantitative estimate of drug-likeness (QED) is 0.707. The van der Waals surface area contributed by atoms with Crippen molar-refractivity contribution in [3.8, 4) is 0 Å². The second-order valence-corrected chi connectivity index (χ2v) is 6.26. The molecule has 92 valence electrons. The molecule has 16 heavy (non-hydrogen) atoms. The Hall–Kier alpha value is -0.0800. The number of hydrogen-bond donors (Lipinski definition) is 0. The number of piperazine rings is 1. The summed E-state index contributed by atoms with van der Waals surface area (Å²) in [6.07, 6.45) is 7.35. The molecule has 3 fully saturated rings.